The molecule has 1 aliphatic heterocycles. The van der Waals surface area contributed by atoms with Crippen molar-refractivity contribution in [2.75, 3.05) is 24.6 Å². The normalized spacial score (nSPS) is 19.1. The fraction of sp³-hybridized carbons (Fsp3) is 0.471. The quantitative estimate of drug-likeness (QED) is 0.720. The van der Waals surface area contributed by atoms with Gasteiger partial charge in [0.2, 0.25) is 0 Å². The van der Waals surface area contributed by atoms with Gasteiger partial charge in [-0.15, -0.1) is 15.3 Å². The molecule has 1 fully saturated rings. The standard InChI is InChI=1S/C17H21N5O2/c1-17(2,3)16-19-18-14-6-7-15(20-22(14)16)21-8-10-24-13(11-21)12-5-4-9-23-12/h4-7,9,13H,8,10-11H2,1-3H3. The van der Waals surface area contributed by atoms with Crippen LogP contribution in [0.1, 0.15) is 38.5 Å². The van der Waals surface area contributed by atoms with Gasteiger partial charge in [0.25, 0.3) is 0 Å². The van der Waals surface area contributed by atoms with Crippen molar-refractivity contribution in [3.8, 4) is 0 Å². The molecule has 0 aromatic carbocycles. The van der Waals surface area contributed by atoms with E-state index in [1.807, 2.05) is 28.8 Å². The molecule has 1 saturated heterocycles. The minimum Gasteiger partial charge on any atom is -0.467 e. The van der Waals surface area contributed by atoms with Gasteiger partial charge < -0.3 is 14.1 Å². The van der Waals surface area contributed by atoms with Crippen molar-refractivity contribution >= 4 is 11.5 Å². The molecule has 0 radical (unpaired) electrons. The third kappa shape index (κ3) is 2.65. The largest absolute Gasteiger partial charge is 0.467 e. The summed E-state index contributed by atoms with van der Waals surface area (Å²) in [5.74, 6) is 2.60. The summed E-state index contributed by atoms with van der Waals surface area (Å²) in [6.45, 7) is 8.47. The van der Waals surface area contributed by atoms with Crippen LogP contribution in [0.15, 0.2) is 34.9 Å². The van der Waals surface area contributed by atoms with Crippen molar-refractivity contribution in [2.45, 2.75) is 32.3 Å². The molecule has 4 heterocycles. The number of hydrogen-bond donors (Lipinski definition) is 0. The molecule has 0 N–H and O–H groups in total. The second kappa shape index (κ2) is 5.59. The summed E-state index contributed by atoms with van der Waals surface area (Å²) in [5, 5.41) is 13.3. The Morgan fingerprint density at radius 1 is 1.17 bits per heavy atom. The van der Waals surface area contributed by atoms with E-state index in [9.17, 15) is 0 Å². The maximum Gasteiger partial charge on any atom is 0.178 e. The molecule has 1 aliphatic rings. The third-order valence-corrected chi connectivity index (χ3v) is 4.17. The highest BCUT2D eigenvalue weighted by molar-refractivity contribution is 5.46. The first-order chi connectivity index (χ1) is 11.5. The van der Waals surface area contributed by atoms with E-state index >= 15 is 0 Å². The molecule has 3 aromatic rings. The fourth-order valence-corrected chi connectivity index (χ4v) is 2.92. The fourth-order valence-electron chi connectivity index (χ4n) is 2.92. The number of aromatic nitrogens is 4. The lowest BCUT2D eigenvalue weighted by Crippen LogP contribution is -2.39. The van der Waals surface area contributed by atoms with Gasteiger partial charge in [-0.3, -0.25) is 0 Å². The van der Waals surface area contributed by atoms with Gasteiger partial charge in [0.15, 0.2) is 11.5 Å². The first-order valence-corrected chi connectivity index (χ1v) is 8.15. The molecule has 4 rings (SSSR count). The van der Waals surface area contributed by atoms with Crippen molar-refractivity contribution < 1.29 is 9.15 Å². The number of furan rings is 1. The molecule has 1 atom stereocenters. The lowest BCUT2D eigenvalue weighted by atomic mass is 9.96. The van der Waals surface area contributed by atoms with Crippen LogP contribution in [0.4, 0.5) is 5.82 Å². The zero-order valence-electron chi connectivity index (χ0n) is 14.1. The summed E-state index contributed by atoms with van der Waals surface area (Å²) in [6, 6.07) is 7.78. The van der Waals surface area contributed by atoms with Crippen LogP contribution >= 0.6 is 0 Å². The van der Waals surface area contributed by atoms with Crippen LogP contribution in [-0.4, -0.2) is 39.5 Å². The van der Waals surface area contributed by atoms with Crippen LogP contribution < -0.4 is 4.90 Å². The van der Waals surface area contributed by atoms with Gasteiger partial charge in [-0.25, -0.2) is 0 Å². The third-order valence-electron chi connectivity index (χ3n) is 4.17. The van der Waals surface area contributed by atoms with Crippen LogP contribution in [-0.2, 0) is 10.2 Å². The smallest absolute Gasteiger partial charge is 0.178 e. The minimum atomic E-state index is -0.118. The van der Waals surface area contributed by atoms with E-state index < -0.39 is 0 Å². The van der Waals surface area contributed by atoms with E-state index in [2.05, 4.69) is 35.9 Å². The lowest BCUT2D eigenvalue weighted by molar-refractivity contribution is 0.0254. The summed E-state index contributed by atoms with van der Waals surface area (Å²) in [7, 11) is 0. The first-order valence-electron chi connectivity index (χ1n) is 8.15. The SMILES string of the molecule is CC(C)(C)c1nnc2ccc(N3CCOC(c4ccco4)C3)nn12. The van der Waals surface area contributed by atoms with E-state index in [0.717, 1.165) is 29.6 Å². The predicted octanol–water partition coefficient (Wildman–Crippen LogP) is 2.59. The maximum atomic E-state index is 5.83. The molecule has 0 aliphatic carbocycles. The van der Waals surface area contributed by atoms with Crippen molar-refractivity contribution in [3.05, 3.63) is 42.1 Å². The minimum absolute atomic E-state index is 0.0748. The van der Waals surface area contributed by atoms with E-state index in [4.69, 9.17) is 14.3 Å². The monoisotopic (exact) mass is 327 g/mol. The van der Waals surface area contributed by atoms with Gasteiger partial charge in [-0.1, -0.05) is 20.8 Å². The molecule has 126 valence electrons. The van der Waals surface area contributed by atoms with Crippen LogP contribution in [0, 0.1) is 0 Å². The molecule has 0 amide bonds. The Hall–Kier alpha value is -2.41. The molecule has 7 heteroatoms. The molecule has 0 bridgehead atoms. The average Bonchev–Trinajstić information content (AvgIpc) is 3.23. The zero-order valence-corrected chi connectivity index (χ0v) is 14.1. The van der Waals surface area contributed by atoms with Gasteiger partial charge in [-0.05, 0) is 24.3 Å². The van der Waals surface area contributed by atoms with Gasteiger partial charge in [0, 0.05) is 12.0 Å². The highest BCUT2D eigenvalue weighted by atomic mass is 16.5. The Bertz CT molecular complexity index is 834. The molecule has 3 aromatic heterocycles. The number of hydrogen-bond acceptors (Lipinski definition) is 6. The van der Waals surface area contributed by atoms with E-state index in [0.29, 0.717) is 13.2 Å². The summed E-state index contributed by atoms with van der Waals surface area (Å²) in [5.41, 5.74) is 0.645. The second-order valence-electron chi connectivity index (χ2n) is 7.06. The van der Waals surface area contributed by atoms with Gasteiger partial charge >= 0.3 is 0 Å². The van der Waals surface area contributed by atoms with Crippen LogP contribution in [0.2, 0.25) is 0 Å². The molecule has 0 saturated carbocycles. The molecular formula is C17H21N5O2. The lowest BCUT2D eigenvalue weighted by Gasteiger charge is -2.32. The summed E-state index contributed by atoms with van der Waals surface area (Å²) >= 11 is 0. The summed E-state index contributed by atoms with van der Waals surface area (Å²) in [6.07, 6.45) is 1.60. The second-order valence-corrected chi connectivity index (χ2v) is 7.06. The van der Waals surface area contributed by atoms with E-state index in [1.54, 1.807) is 6.26 Å². The number of fused-ring (bicyclic) bond motifs is 1. The molecular weight excluding hydrogens is 306 g/mol. The highest BCUT2D eigenvalue weighted by Crippen LogP contribution is 2.26. The predicted molar refractivity (Wildman–Crippen MR) is 89.1 cm³/mol. The number of nitrogens with zero attached hydrogens (tertiary/aromatic N) is 5. The molecule has 24 heavy (non-hydrogen) atoms. The Labute approximate surface area is 140 Å². The number of ether oxygens (including phenoxy) is 1. The number of morpholine rings is 1. The van der Waals surface area contributed by atoms with Crippen molar-refractivity contribution in [1.29, 1.82) is 0 Å². The van der Waals surface area contributed by atoms with Gasteiger partial charge in [0.1, 0.15) is 17.7 Å². The summed E-state index contributed by atoms with van der Waals surface area (Å²) < 4.78 is 13.2. The Balaban J connectivity index is 1.66. The van der Waals surface area contributed by atoms with Gasteiger partial charge in [-0.2, -0.15) is 4.52 Å². The van der Waals surface area contributed by atoms with Crippen LogP contribution in [0.25, 0.3) is 5.65 Å². The Morgan fingerprint density at radius 2 is 2.04 bits per heavy atom. The van der Waals surface area contributed by atoms with E-state index in [1.165, 1.54) is 0 Å². The molecule has 1 unspecified atom stereocenters. The molecule has 7 nitrogen and oxygen atoms in total. The number of anilines is 1. The van der Waals surface area contributed by atoms with Crippen LogP contribution in [0.5, 0.6) is 0 Å². The van der Waals surface area contributed by atoms with Crippen LogP contribution in [0.3, 0.4) is 0 Å². The topological polar surface area (TPSA) is 68.7 Å². The van der Waals surface area contributed by atoms with Gasteiger partial charge in [0.05, 0.1) is 19.4 Å². The van der Waals surface area contributed by atoms with E-state index in [-0.39, 0.29) is 11.5 Å². The number of rotatable bonds is 2. The maximum absolute atomic E-state index is 5.83. The zero-order chi connectivity index (χ0) is 16.7. The van der Waals surface area contributed by atoms with Crippen molar-refractivity contribution in [3.63, 3.8) is 0 Å². The average molecular weight is 327 g/mol. The Kier molecular flexibility index (Phi) is 3.53. The first kappa shape index (κ1) is 15.1. The Morgan fingerprint density at radius 3 is 2.79 bits per heavy atom. The highest BCUT2D eigenvalue weighted by Gasteiger charge is 2.26. The van der Waals surface area contributed by atoms with Crippen molar-refractivity contribution in [1.82, 2.24) is 19.8 Å². The van der Waals surface area contributed by atoms with Crippen molar-refractivity contribution in [2.24, 2.45) is 0 Å². The summed E-state index contributed by atoms with van der Waals surface area (Å²) in [4.78, 5) is 2.21. The molecule has 0 spiro atoms.